The number of nitrogens with zero attached hydrogens (tertiary/aromatic N) is 3. The van der Waals surface area contributed by atoms with Crippen LogP contribution >= 0.6 is 0 Å². The average molecular weight is 398 g/mol. The first-order chi connectivity index (χ1) is 14.7. The van der Waals surface area contributed by atoms with E-state index >= 15 is 0 Å². The van der Waals surface area contributed by atoms with Crippen LogP contribution in [0.2, 0.25) is 0 Å². The Morgan fingerprint density at radius 1 is 0.833 bits per heavy atom. The van der Waals surface area contributed by atoms with Crippen LogP contribution in [0.5, 0.6) is 5.75 Å². The van der Waals surface area contributed by atoms with Crippen molar-refractivity contribution < 1.29 is 9.13 Å². The molecule has 0 aliphatic carbocycles. The Bertz CT molecular complexity index is 1140. The number of ether oxygens (including phenoxy) is 1. The lowest BCUT2D eigenvalue weighted by Gasteiger charge is -2.08. The number of rotatable bonds is 6. The van der Waals surface area contributed by atoms with E-state index in [1.165, 1.54) is 12.1 Å². The molecule has 0 amide bonds. The molecule has 6 heteroatoms. The maximum atomic E-state index is 13.3. The highest BCUT2D eigenvalue weighted by Crippen LogP contribution is 2.25. The van der Waals surface area contributed by atoms with Crippen molar-refractivity contribution in [2.45, 2.75) is 0 Å². The molecule has 5 nitrogen and oxygen atoms in total. The lowest BCUT2D eigenvalue weighted by molar-refractivity contribution is 0.415. The summed E-state index contributed by atoms with van der Waals surface area (Å²) in [4.78, 5) is 9.11. The van der Waals surface area contributed by atoms with Crippen LogP contribution in [0.25, 0.3) is 22.5 Å². The molecule has 4 aromatic rings. The predicted molar refractivity (Wildman–Crippen MR) is 117 cm³/mol. The largest absolute Gasteiger partial charge is 0.497 e. The molecule has 1 N–H and O–H groups in total. The quantitative estimate of drug-likeness (QED) is 0.349. The smallest absolute Gasteiger partial charge is 0.244 e. The Labute approximate surface area is 173 Å². The normalized spacial score (nSPS) is 10.9. The van der Waals surface area contributed by atoms with Crippen molar-refractivity contribution >= 4 is 12.2 Å². The summed E-state index contributed by atoms with van der Waals surface area (Å²) < 4.78 is 18.5. The highest BCUT2D eigenvalue weighted by Gasteiger charge is 2.08. The number of hydrogen-bond donors (Lipinski definition) is 1. The lowest BCUT2D eigenvalue weighted by atomic mass is 10.1. The van der Waals surface area contributed by atoms with Crippen LogP contribution < -0.4 is 10.2 Å². The molecule has 0 radical (unpaired) electrons. The lowest BCUT2D eigenvalue weighted by Crippen LogP contribution is -2.00. The van der Waals surface area contributed by atoms with E-state index in [-0.39, 0.29) is 5.82 Å². The van der Waals surface area contributed by atoms with E-state index in [9.17, 15) is 4.39 Å². The zero-order valence-corrected chi connectivity index (χ0v) is 16.3. The average Bonchev–Trinajstić information content (AvgIpc) is 2.80. The second kappa shape index (κ2) is 8.96. The molecular weight excluding hydrogens is 379 g/mol. The summed E-state index contributed by atoms with van der Waals surface area (Å²) in [7, 11) is 1.63. The first kappa shape index (κ1) is 19.3. The highest BCUT2D eigenvalue weighted by atomic mass is 19.1. The van der Waals surface area contributed by atoms with Crippen LogP contribution in [0.15, 0.2) is 90.0 Å². The minimum Gasteiger partial charge on any atom is -0.497 e. The van der Waals surface area contributed by atoms with Crippen molar-refractivity contribution in [1.29, 1.82) is 0 Å². The van der Waals surface area contributed by atoms with Gasteiger partial charge in [0.15, 0.2) is 0 Å². The highest BCUT2D eigenvalue weighted by molar-refractivity contribution is 5.80. The molecule has 0 aliphatic heterocycles. The van der Waals surface area contributed by atoms with Gasteiger partial charge in [0.1, 0.15) is 11.6 Å². The van der Waals surface area contributed by atoms with Gasteiger partial charge >= 0.3 is 0 Å². The van der Waals surface area contributed by atoms with E-state index in [0.29, 0.717) is 11.6 Å². The first-order valence-corrected chi connectivity index (χ1v) is 9.35. The molecule has 0 bridgehead atoms. The van der Waals surface area contributed by atoms with Crippen molar-refractivity contribution in [2.75, 3.05) is 12.5 Å². The summed E-state index contributed by atoms with van der Waals surface area (Å²) in [6, 6.07) is 25.4. The number of benzene rings is 3. The third kappa shape index (κ3) is 4.67. The molecule has 0 spiro atoms. The van der Waals surface area contributed by atoms with Crippen LogP contribution in [-0.4, -0.2) is 23.3 Å². The van der Waals surface area contributed by atoms with E-state index in [1.807, 2.05) is 60.7 Å². The number of nitrogens with one attached hydrogen (secondary N) is 1. The standard InChI is InChI=1S/C24H19FN4O/c1-30-21-13-7-17(8-14-21)16-26-29-24-27-22(18-5-3-2-4-6-18)15-23(28-24)19-9-11-20(25)12-10-19/h2-16H,1H3,(H,27,28,29)/b26-16+. The van der Waals surface area contributed by atoms with E-state index < -0.39 is 0 Å². The van der Waals surface area contributed by atoms with Gasteiger partial charge in [-0.05, 0) is 60.2 Å². The van der Waals surface area contributed by atoms with Crippen molar-refractivity contribution in [2.24, 2.45) is 5.10 Å². The summed E-state index contributed by atoms with van der Waals surface area (Å²) in [5, 5.41) is 4.25. The predicted octanol–water partition coefficient (Wildman–Crippen LogP) is 5.40. The molecule has 148 valence electrons. The van der Waals surface area contributed by atoms with Gasteiger partial charge in [0.2, 0.25) is 5.95 Å². The van der Waals surface area contributed by atoms with Crippen LogP contribution in [-0.2, 0) is 0 Å². The first-order valence-electron chi connectivity index (χ1n) is 9.35. The summed E-state index contributed by atoms with van der Waals surface area (Å²) >= 11 is 0. The Kier molecular flexibility index (Phi) is 5.75. The summed E-state index contributed by atoms with van der Waals surface area (Å²) in [5.74, 6) is 0.835. The minimum atomic E-state index is -0.293. The molecule has 0 saturated heterocycles. The zero-order valence-electron chi connectivity index (χ0n) is 16.3. The molecule has 1 heterocycles. The fraction of sp³-hybridized carbons (Fsp3) is 0.0417. The molecule has 0 fully saturated rings. The van der Waals surface area contributed by atoms with Gasteiger partial charge in [0.25, 0.3) is 0 Å². The van der Waals surface area contributed by atoms with Gasteiger partial charge in [0.05, 0.1) is 24.7 Å². The minimum absolute atomic E-state index is 0.293. The van der Waals surface area contributed by atoms with Crippen LogP contribution in [0.4, 0.5) is 10.3 Å². The van der Waals surface area contributed by atoms with Gasteiger partial charge in [-0.1, -0.05) is 30.3 Å². The molecule has 0 saturated carbocycles. The molecule has 30 heavy (non-hydrogen) atoms. The number of methoxy groups -OCH3 is 1. The van der Waals surface area contributed by atoms with Crippen molar-refractivity contribution in [1.82, 2.24) is 9.97 Å². The molecular formula is C24H19FN4O. The summed E-state index contributed by atoms with van der Waals surface area (Å²) in [6.07, 6.45) is 1.68. The third-order valence-corrected chi connectivity index (χ3v) is 4.43. The van der Waals surface area contributed by atoms with Gasteiger partial charge in [-0.3, -0.25) is 0 Å². The summed E-state index contributed by atoms with van der Waals surface area (Å²) in [6.45, 7) is 0. The fourth-order valence-electron chi connectivity index (χ4n) is 2.88. The van der Waals surface area contributed by atoms with Gasteiger partial charge < -0.3 is 4.74 Å². The maximum absolute atomic E-state index is 13.3. The second-order valence-electron chi connectivity index (χ2n) is 6.48. The molecule has 0 unspecified atom stereocenters. The van der Waals surface area contributed by atoms with Crippen molar-refractivity contribution in [3.63, 3.8) is 0 Å². The molecule has 1 aromatic heterocycles. The Morgan fingerprint density at radius 2 is 1.47 bits per heavy atom. The Morgan fingerprint density at radius 3 is 2.10 bits per heavy atom. The van der Waals surface area contributed by atoms with Crippen molar-refractivity contribution in [3.05, 3.63) is 96.3 Å². The SMILES string of the molecule is COc1ccc(/C=N/Nc2nc(-c3ccccc3)cc(-c3ccc(F)cc3)n2)cc1. The van der Waals surface area contributed by atoms with Crippen molar-refractivity contribution in [3.8, 4) is 28.3 Å². The number of aromatic nitrogens is 2. The van der Waals surface area contributed by atoms with Gasteiger partial charge in [0, 0.05) is 11.1 Å². The molecule has 0 atom stereocenters. The van der Waals surface area contributed by atoms with Crippen LogP contribution in [0.3, 0.4) is 0 Å². The van der Waals surface area contributed by atoms with Gasteiger partial charge in [-0.15, -0.1) is 0 Å². The Balaban J connectivity index is 1.64. The topological polar surface area (TPSA) is 59.4 Å². The number of hydrazone groups is 1. The Hall–Kier alpha value is -4.06. The maximum Gasteiger partial charge on any atom is 0.244 e. The monoisotopic (exact) mass is 398 g/mol. The van der Waals surface area contributed by atoms with E-state index in [0.717, 1.165) is 28.1 Å². The van der Waals surface area contributed by atoms with E-state index in [2.05, 4.69) is 20.5 Å². The van der Waals surface area contributed by atoms with Crippen LogP contribution in [0, 0.1) is 5.82 Å². The number of anilines is 1. The fourth-order valence-corrected chi connectivity index (χ4v) is 2.88. The number of halogens is 1. The van der Waals surface area contributed by atoms with E-state index in [4.69, 9.17) is 4.74 Å². The van der Waals surface area contributed by atoms with Crippen LogP contribution in [0.1, 0.15) is 5.56 Å². The zero-order chi connectivity index (χ0) is 20.8. The van der Waals surface area contributed by atoms with Gasteiger partial charge in [-0.25, -0.2) is 19.8 Å². The molecule has 0 aliphatic rings. The third-order valence-electron chi connectivity index (χ3n) is 4.43. The van der Waals surface area contributed by atoms with Gasteiger partial charge in [-0.2, -0.15) is 5.10 Å². The summed E-state index contributed by atoms with van der Waals surface area (Å²) in [5.41, 5.74) is 6.95. The second-order valence-corrected chi connectivity index (χ2v) is 6.48. The molecule has 3 aromatic carbocycles. The van der Waals surface area contributed by atoms with E-state index in [1.54, 1.807) is 25.5 Å². The molecule has 4 rings (SSSR count). The number of hydrogen-bond acceptors (Lipinski definition) is 5.